The highest BCUT2D eigenvalue weighted by Gasteiger charge is 2.30. The lowest BCUT2D eigenvalue weighted by molar-refractivity contribution is 0.108. The van der Waals surface area contributed by atoms with Crippen LogP contribution < -0.4 is 9.47 Å². The molecule has 1 saturated heterocycles. The van der Waals surface area contributed by atoms with Gasteiger partial charge < -0.3 is 14.4 Å². The lowest BCUT2D eigenvalue weighted by Crippen LogP contribution is -2.42. The first-order valence-electron chi connectivity index (χ1n) is 11.4. The highest BCUT2D eigenvalue weighted by Crippen LogP contribution is 2.35. The number of likely N-dealkylation sites (tertiary alicyclic amines) is 1. The third-order valence-electron chi connectivity index (χ3n) is 6.18. The van der Waals surface area contributed by atoms with E-state index >= 15 is 0 Å². The van der Waals surface area contributed by atoms with Crippen molar-refractivity contribution < 1.29 is 9.47 Å². The Morgan fingerprint density at radius 3 is 2.67 bits per heavy atom. The van der Waals surface area contributed by atoms with Crippen molar-refractivity contribution in [2.45, 2.75) is 44.9 Å². The Bertz CT molecular complexity index is 774. The normalized spacial score (nSPS) is 19.4. The zero-order valence-corrected chi connectivity index (χ0v) is 18.7. The van der Waals surface area contributed by atoms with E-state index in [1.165, 1.54) is 49.9 Å². The van der Waals surface area contributed by atoms with Gasteiger partial charge in [0, 0.05) is 12.5 Å². The molecule has 3 heteroatoms. The highest BCUT2D eigenvalue weighted by atomic mass is 16.5. The van der Waals surface area contributed by atoms with Crippen LogP contribution in [0, 0.1) is 5.92 Å². The molecule has 0 bridgehead atoms. The van der Waals surface area contributed by atoms with Gasteiger partial charge in [-0.2, -0.15) is 0 Å². The summed E-state index contributed by atoms with van der Waals surface area (Å²) in [5, 5.41) is 0. The Labute approximate surface area is 182 Å². The molecule has 0 aromatic heterocycles. The molecule has 0 N–H and O–H groups in total. The molecule has 2 atom stereocenters. The summed E-state index contributed by atoms with van der Waals surface area (Å²) in [5.74, 6) is 2.65. The zero-order valence-electron chi connectivity index (χ0n) is 18.7. The minimum atomic E-state index is 0.473. The molecular formula is C27H37NO2. The molecule has 3 rings (SSSR count). The standard InChI is InChI=1S/C27H37NO2/c1-4-6-10-17-28-18-16-25(23-12-8-7-9-13-23)24(20-28)21-30-26-15-14-22(11-5-2)19-27(26)29-3/h5,7-9,12-15,19,24-25H,2,4,6,10-11,16-18,20-21H2,1,3H3/t24-,25-/m0/s1. The highest BCUT2D eigenvalue weighted by molar-refractivity contribution is 5.43. The van der Waals surface area contributed by atoms with Crippen LogP contribution in [0.15, 0.2) is 61.2 Å². The van der Waals surface area contributed by atoms with E-state index in [-0.39, 0.29) is 0 Å². The third-order valence-corrected chi connectivity index (χ3v) is 6.18. The topological polar surface area (TPSA) is 21.7 Å². The number of piperidine rings is 1. The molecule has 2 aromatic carbocycles. The van der Waals surface area contributed by atoms with E-state index in [9.17, 15) is 0 Å². The van der Waals surface area contributed by atoms with Crippen LogP contribution in [0.3, 0.4) is 0 Å². The van der Waals surface area contributed by atoms with Gasteiger partial charge in [-0.05, 0) is 61.5 Å². The first-order valence-corrected chi connectivity index (χ1v) is 11.4. The second-order valence-corrected chi connectivity index (χ2v) is 8.36. The summed E-state index contributed by atoms with van der Waals surface area (Å²) in [7, 11) is 1.71. The fourth-order valence-corrected chi connectivity index (χ4v) is 4.53. The number of rotatable bonds is 11. The monoisotopic (exact) mass is 407 g/mol. The van der Waals surface area contributed by atoms with Crippen LogP contribution in [0.5, 0.6) is 11.5 Å². The average molecular weight is 408 g/mol. The number of ether oxygens (including phenoxy) is 2. The number of hydrogen-bond acceptors (Lipinski definition) is 3. The summed E-state index contributed by atoms with van der Waals surface area (Å²) in [6.45, 7) is 10.3. The van der Waals surface area contributed by atoms with Crippen molar-refractivity contribution in [1.29, 1.82) is 0 Å². The quantitative estimate of drug-likeness (QED) is 0.332. The smallest absolute Gasteiger partial charge is 0.161 e. The summed E-state index contributed by atoms with van der Waals surface area (Å²) >= 11 is 0. The van der Waals surface area contributed by atoms with Gasteiger partial charge in [0.15, 0.2) is 11.5 Å². The SMILES string of the molecule is C=CCc1ccc(OC[C@@H]2CN(CCCCC)CC[C@H]2c2ccccc2)c(OC)c1. The van der Waals surface area contributed by atoms with Crippen molar-refractivity contribution in [3.05, 3.63) is 72.3 Å². The van der Waals surface area contributed by atoms with E-state index < -0.39 is 0 Å². The Hall–Kier alpha value is -2.26. The Morgan fingerprint density at radius 1 is 1.10 bits per heavy atom. The molecule has 3 nitrogen and oxygen atoms in total. The van der Waals surface area contributed by atoms with Crippen LogP contribution >= 0.6 is 0 Å². The van der Waals surface area contributed by atoms with Gasteiger partial charge in [-0.15, -0.1) is 6.58 Å². The number of nitrogens with zero attached hydrogens (tertiary/aromatic N) is 1. The van der Waals surface area contributed by atoms with Crippen molar-refractivity contribution in [2.24, 2.45) is 5.92 Å². The van der Waals surface area contributed by atoms with Crippen molar-refractivity contribution in [1.82, 2.24) is 4.90 Å². The number of methoxy groups -OCH3 is 1. The molecule has 0 aliphatic carbocycles. The largest absolute Gasteiger partial charge is 0.493 e. The first kappa shape index (κ1) is 22.4. The van der Waals surface area contributed by atoms with Crippen LogP contribution in [-0.4, -0.2) is 38.3 Å². The lowest BCUT2D eigenvalue weighted by atomic mass is 9.81. The average Bonchev–Trinajstić information content (AvgIpc) is 2.79. The van der Waals surface area contributed by atoms with Gasteiger partial charge >= 0.3 is 0 Å². The van der Waals surface area contributed by atoms with Crippen molar-refractivity contribution in [3.63, 3.8) is 0 Å². The van der Waals surface area contributed by atoms with Gasteiger partial charge in [-0.25, -0.2) is 0 Å². The van der Waals surface area contributed by atoms with Crippen molar-refractivity contribution >= 4 is 0 Å². The van der Waals surface area contributed by atoms with Gasteiger partial charge in [-0.3, -0.25) is 0 Å². The maximum Gasteiger partial charge on any atom is 0.161 e. The first-order chi connectivity index (χ1) is 14.7. The molecule has 0 radical (unpaired) electrons. The van der Waals surface area contributed by atoms with Crippen LogP contribution in [-0.2, 0) is 6.42 Å². The molecule has 162 valence electrons. The number of hydrogen-bond donors (Lipinski definition) is 0. The van der Waals surface area contributed by atoms with Crippen LogP contribution in [0.1, 0.15) is 49.7 Å². The maximum absolute atomic E-state index is 6.35. The molecule has 0 spiro atoms. The van der Waals surface area contributed by atoms with Crippen LogP contribution in [0.4, 0.5) is 0 Å². The Kier molecular flexibility index (Phi) is 8.82. The minimum Gasteiger partial charge on any atom is -0.493 e. The summed E-state index contributed by atoms with van der Waals surface area (Å²) in [6, 6.07) is 17.2. The van der Waals surface area contributed by atoms with Crippen molar-refractivity contribution in [2.75, 3.05) is 33.4 Å². The number of allylic oxidation sites excluding steroid dienone is 1. The molecule has 0 saturated carbocycles. The Morgan fingerprint density at radius 2 is 1.93 bits per heavy atom. The summed E-state index contributed by atoms with van der Waals surface area (Å²) in [6.07, 6.45) is 7.82. The molecule has 1 aliphatic heterocycles. The number of unbranched alkanes of at least 4 members (excludes halogenated alkanes) is 2. The molecule has 30 heavy (non-hydrogen) atoms. The zero-order chi connectivity index (χ0) is 21.2. The molecule has 1 aliphatic rings. The van der Waals surface area contributed by atoms with Gasteiger partial charge in [0.1, 0.15) is 0 Å². The molecule has 0 unspecified atom stereocenters. The van der Waals surface area contributed by atoms with E-state index in [2.05, 4.69) is 60.9 Å². The predicted molar refractivity (Wildman–Crippen MR) is 126 cm³/mol. The Balaban J connectivity index is 1.70. The van der Waals surface area contributed by atoms with Gasteiger partial charge in [0.25, 0.3) is 0 Å². The molecule has 2 aromatic rings. The molecule has 1 fully saturated rings. The van der Waals surface area contributed by atoms with Gasteiger partial charge in [-0.1, -0.05) is 62.2 Å². The van der Waals surface area contributed by atoms with E-state index in [1.54, 1.807) is 7.11 Å². The van der Waals surface area contributed by atoms with Crippen LogP contribution in [0.2, 0.25) is 0 Å². The van der Waals surface area contributed by atoms with E-state index in [0.29, 0.717) is 18.4 Å². The van der Waals surface area contributed by atoms with E-state index in [4.69, 9.17) is 9.47 Å². The summed E-state index contributed by atoms with van der Waals surface area (Å²) in [4.78, 5) is 2.63. The fourth-order valence-electron chi connectivity index (χ4n) is 4.53. The second-order valence-electron chi connectivity index (χ2n) is 8.36. The van der Waals surface area contributed by atoms with Crippen LogP contribution in [0.25, 0.3) is 0 Å². The molecular weight excluding hydrogens is 370 g/mol. The second kappa shape index (κ2) is 11.8. The predicted octanol–water partition coefficient (Wildman–Crippen LogP) is 6.10. The lowest BCUT2D eigenvalue weighted by Gasteiger charge is -2.39. The van der Waals surface area contributed by atoms with Gasteiger partial charge in [0.05, 0.1) is 13.7 Å². The summed E-state index contributed by atoms with van der Waals surface area (Å²) < 4.78 is 11.9. The van der Waals surface area contributed by atoms with E-state index in [0.717, 1.165) is 24.5 Å². The minimum absolute atomic E-state index is 0.473. The fraction of sp³-hybridized carbons (Fsp3) is 0.481. The van der Waals surface area contributed by atoms with Gasteiger partial charge in [0.2, 0.25) is 0 Å². The molecule has 0 amide bonds. The summed E-state index contributed by atoms with van der Waals surface area (Å²) in [5.41, 5.74) is 2.63. The number of benzene rings is 2. The third kappa shape index (κ3) is 6.12. The van der Waals surface area contributed by atoms with Crippen molar-refractivity contribution in [3.8, 4) is 11.5 Å². The maximum atomic E-state index is 6.35. The van der Waals surface area contributed by atoms with E-state index in [1.807, 2.05) is 12.1 Å². The molecule has 1 heterocycles.